The fraction of sp³-hybridized carbons (Fsp3) is 0.400. The van der Waals surface area contributed by atoms with Gasteiger partial charge in [0.1, 0.15) is 12.6 Å². The average molecular weight is 455 g/mol. The van der Waals surface area contributed by atoms with E-state index in [9.17, 15) is 19.5 Å². The maximum Gasteiger partial charge on any atom is 0.407 e. The highest BCUT2D eigenvalue weighted by molar-refractivity contribution is 5.89. The van der Waals surface area contributed by atoms with Gasteiger partial charge in [-0.2, -0.15) is 0 Å². The second-order valence-corrected chi connectivity index (χ2v) is 8.08. The van der Waals surface area contributed by atoms with Crippen LogP contribution in [0.4, 0.5) is 4.79 Å². The van der Waals surface area contributed by atoms with Crippen molar-refractivity contribution in [2.45, 2.75) is 50.8 Å². The number of hydrogen-bond donors (Lipinski definition) is 3. The molecule has 0 heterocycles. The van der Waals surface area contributed by atoms with E-state index in [1.807, 2.05) is 43.3 Å². The molecule has 8 nitrogen and oxygen atoms in total. The summed E-state index contributed by atoms with van der Waals surface area (Å²) in [4.78, 5) is 36.7. The van der Waals surface area contributed by atoms with E-state index in [4.69, 9.17) is 9.47 Å². The predicted molar refractivity (Wildman–Crippen MR) is 123 cm³/mol. The number of fused-ring (bicyclic) bond motifs is 3. The van der Waals surface area contributed by atoms with Crippen LogP contribution in [0.15, 0.2) is 48.5 Å². The molecule has 3 N–H and O–H groups in total. The van der Waals surface area contributed by atoms with E-state index >= 15 is 0 Å². The maximum atomic E-state index is 12.7. The van der Waals surface area contributed by atoms with Crippen LogP contribution in [0.2, 0.25) is 0 Å². The zero-order valence-corrected chi connectivity index (χ0v) is 19.0. The van der Waals surface area contributed by atoms with Gasteiger partial charge in [-0.3, -0.25) is 4.79 Å². The summed E-state index contributed by atoms with van der Waals surface area (Å²) in [6.07, 6.45) is -0.511. The lowest BCUT2D eigenvalue weighted by Crippen LogP contribution is -2.55. The molecule has 0 saturated heterocycles. The molecule has 0 fully saturated rings. The largest absolute Gasteiger partial charge is 0.480 e. The first-order valence-electron chi connectivity index (χ1n) is 11.0. The van der Waals surface area contributed by atoms with Crippen molar-refractivity contribution >= 4 is 18.0 Å². The van der Waals surface area contributed by atoms with Crippen molar-refractivity contribution in [2.75, 3.05) is 13.7 Å². The van der Waals surface area contributed by atoms with Crippen LogP contribution in [0.1, 0.15) is 43.7 Å². The summed E-state index contributed by atoms with van der Waals surface area (Å²) < 4.78 is 10.6. The number of ether oxygens (including phenoxy) is 2. The van der Waals surface area contributed by atoms with Gasteiger partial charge in [-0.1, -0.05) is 61.9 Å². The number of amides is 2. The monoisotopic (exact) mass is 454 g/mol. The normalized spacial score (nSPS) is 15.0. The molecular weight excluding hydrogens is 424 g/mol. The molecule has 2 aromatic carbocycles. The van der Waals surface area contributed by atoms with Crippen molar-refractivity contribution in [3.05, 3.63) is 59.7 Å². The molecule has 176 valence electrons. The highest BCUT2D eigenvalue weighted by Crippen LogP contribution is 2.44. The Balaban J connectivity index is 1.65. The van der Waals surface area contributed by atoms with Gasteiger partial charge in [0, 0.05) is 13.0 Å². The molecule has 0 spiro atoms. The van der Waals surface area contributed by atoms with Crippen molar-refractivity contribution in [1.82, 2.24) is 10.6 Å². The van der Waals surface area contributed by atoms with Crippen LogP contribution in [0.5, 0.6) is 0 Å². The first-order valence-corrected chi connectivity index (χ1v) is 11.0. The lowest BCUT2D eigenvalue weighted by molar-refractivity contribution is -0.145. The molecule has 2 unspecified atom stereocenters. The summed E-state index contributed by atoms with van der Waals surface area (Å²) >= 11 is 0. The molecule has 0 bridgehead atoms. The van der Waals surface area contributed by atoms with Crippen LogP contribution in [-0.4, -0.2) is 55.0 Å². The summed E-state index contributed by atoms with van der Waals surface area (Å²) in [5, 5.41) is 14.4. The van der Waals surface area contributed by atoms with Gasteiger partial charge in [-0.05, 0) is 35.6 Å². The van der Waals surface area contributed by atoms with E-state index in [2.05, 4.69) is 22.8 Å². The average Bonchev–Trinajstić information content (AvgIpc) is 3.13. The third kappa shape index (κ3) is 5.51. The van der Waals surface area contributed by atoms with Gasteiger partial charge >= 0.3 is 12.1 Å². The van der Waals surface area contributed by atoms with Gasteiger partial charge in [0.25, 0.3) is 0 Å². The Labute approximate surface area is 193 Å². The van der Waals surface area contributed by atoms with Crippen LogP contribution >= 0.6 is 0 Å². The number of hydrogen-bond acceptors (Lipinski definition) is 5. The van der Waals surface area contributed by atoms with E-state index in [0.717, 1.165) is 22.3 Å². The topological polar surface area (TPSA) is 114 Å². The maximum absolute atomic E-state index is 12.7. The molecule has 3 rings (SSSR count). The molecule has 0 saturated carbocycles. The van der Waals surface area contributed by atoms with Gasteiger partial charge < -0.3 is 25.2 Å². The fourth-order valence-corrected chi connectivity index (χ4v) is 4.11. The van der Waals surface area contributed by atoms with Gasteiger partial charge in [0.15, 0.2) is 6.04 Å². The molecule has 3 atom stereocenters. The molecule has 0 radical (unpaired) electrons. The third-order valence-electron chi connectivity index (χ3n) is 5.93. The SMILES string of the molecule is CCC[C@@H](NC(=O)OCC1c2ccccc2-c2ccccc21)C(=O)NC(C(=O)O)C(C)OC. The van der Waals surface area contributed by atoms with E-state index < -0.39 is 36.2 Å². The molecule has 8 heteroatoms. The Morgan fingerprint density at radius 1 is 1.00 bits per heavy atom. The Morgan fingerprint density at radius 3 is 2.09 bits per heavy atom. The molecular formula is C25H30N2O6. The fourth-order valence-electron chi connectivity index (χ4n) is 4.11. The zero-order chi connectivity index (χ0) is 24.0. The number of carbonyl (C=O) groups is 3. The van der Waals surface area contributed by atoms with Gasteiger partial charge in [-0.25, -0.2) is 9.59 Å². The summed E-state index contributed by atoms with van der Waals surface area (Å²) in [5.74, 6) is -1.91. The second-order valence-electron chi connectivity index (χ2n) is 8.08. The van der Waals surface area contributed by atoms with Crippen molar-refractivity contribution < 1.29 is 29.0 Å². The second kappa shape index (κ2) is 11.0. The van der Waals surface area contributed by atoms with E-state index in [1.54, 1.807) is 6.92 Å². The number of benzene rings is 2. The van der Waals surface area contributed by atoms with Gasteiger partial charge in [0.05, 0.1) is 6.10 Å². The molecule has 33 heavy (non-hydrogen) atoms. The molecule has 1 aliphatic carbocycles. The summed E-state index contributed by atoms with van der Waals surface area (Å²) in [6.45, 7) is 3.54. The summed E-state index contributed by atoms with van der Waals surface area (Å²) in [7, 11) is 1.37. The number of carbonyl (C=O) groups excluding carboxylic acids is 2. The number of aliphatic carboxylic acids is 1. The highest BCUT2D eigenvalue weighted by Gasteiger charge is 2.32. The standard InChI is InChI=1S/C25H30N2O6/c1-4-9-21(23(28)27-22(24(29)30)15(2)32-3)26-25(31)33-14-20-18-12-7-5-10-16(18)17-11-6-8-13-19(17)20/h5-8,10-13,15,20-22H,4,9,14H2,1-3H3,(H,26,31)(H,27,28)(H,29,30)/t15?,21-,22?/m1/s1. The van der Waals surface area contributed by atoms with Crippen LogP contribution < -0.4 is 10.6 Å². The number of alkyl carbamates (subject to hydrolysis) is 1. The Morgan fingerprint density at radius 2 is 1.58 bits per heavy atom. The van der Waals surface area contributed by atoms with Crippen molar-refractivity contribution in [2.24, 2.45) is 0 Å². The highest BCUT2D eigenvalue weighted by atomic mass is 16.5. The van der Waals surface area contributed by atoms with Crippen molar-refractivity contribution in [3.63, 3.8) is 0 Å². The first-order chi connectivity index (χ1) is 15.9. The Kier molecular flexibility index (Phi) is 8.06. The first kappa shape index (κ1) is 24.3. The number of carboxylic acid groups (broad SMARTS) is 1. The zero-order valence-electron chi connectivity index (χ0n) is 19.0. The number of carboxylic acids is 1. The number of rotatable bonds is 10. The molecule has 1 aliphatic rings. The quantitative estimate of drug-likeness (QED) is 0.508. The minimum Gasteiger partial charge on any atom is -0.480 e. The minimum atomic E-state index is -1.23. The van der Waals surface area contributed by atoms with E-state index in [1.165, 1.54) is 7.11 Å². The van der Waals surface area contributed by atoms with Gasteiger partial charge in [-0.15, -0.1) is 0 Å². The molecule has 2 aromatic rings. The van der Waals surface area contributed by atoms with Crippen LogP contribution in [0, 0.1) is 0 Å². The minimum absolute atomic E-state index is 0.0967. The molecule has 0 aromatic heterocycles. The van der Waals surface area contributed by atoms with E-state index in [0.29, 0.717) is 12.8 Å². The van der Waals surface area contributed by atoms with Crippen LogP contribution in [0.3, 0.4) is 0 Å². The molecule has 2 amide bonds. The third-order valence-corrected chi connectivity index (χ3v) is 5.93. The van der Waals surface area contributed by atoms with Crippen molar-refractivity contribution in [3.8, 4) is 11.1 Å². The predicted octanol–water partition coefficient (Wildman–Crippen LogP) is 3.30. The Hall–Kier alpha value is -3.39. The molecule has 0 aliphatic heterocycles. The number of nitrogens with one attached hydrogen (secondary N) is 2. The Bertz CT molecular complexity index is 962. The van der Waals surface area contributed by atoms with Gasteiger partial charge in [0.2, 0.25) is 5.91 Å². The lowest BCUT2D eigenvalue weighted by Gasteiger charge is -2.24. The summed E-state index contributed by atoms with van der Waals surface area (Å²) in [5.41, 5.74) is 4.43. The van der Waals surface area contributed by atoms with Crippen LogP contribution in [-0.2, 0) is 19.1 Å². The smallest absolute Gasteiger partial charge is 0.407 e. The van der Waals surface area contributed by atoms with E-state index in [-0.39, 0.29) is 12.5 Å². The number of methoxy groups -OCH3 is 1. The summed E-state index contributed by atoms with van der Waals surface area (Å²) in [6, 6.07) is 13.9. The van der Waals surface area contributed by atoms with Crippen molar-refractivity contribution in [1.29, 1.82) is 0 Å². The lowest BCUT2D eigenvalue weighted by atomic mass is 9.98. The van der Waals surface area contributed by atoms with Crippen LogP contribution in [0.25, 0.3) is 11.1 Å².